The largest absolute Gasteiger partial charge is 0.497 e. The minimum absolute atomic E-state index is 0.194. The molecule has 0 aliphatic rings. The van der Waals surface area contributed by atoms with Gasteiger partial charge >= 0.3 is 0 Å². The summed E-state index contributed by atoms with van der Waals surface area (Å²) in [6.45, 7) is 4.42. The molecule has 0 aliphatic heterocycles. The Labute approximate surface area is 192 Å². The van der Waals surface area contributed by atoms with Crippen LogP contribution < -0.4 is 19.5 Å². The molecule has 4 rings (SSSR count). The molecule has 0 saturated carbocycles. The van der Waals surface area contributed by atoms with Gasteiger partial charge in [-0.1, -0.05) is 23.4 Å². The van der Waals surface area contributed by atoms with Crippen molar-refractivity contribution in [2.24, 2.45) is 0 Å². The number of rotatable bonds is 8. The highest BCUT2D eigenvalue weighted by Crippen LogP contribution is 2.29. The van der Waals surface area contributed by atoms with Crippen molar-refractivity contribution >= 4 is 16.7 Å². The molecule has 0 bridgehead atoms. The molecule has 7 nitrogen and oxygen atoms in total. The zero-order valence-corrected chi connectivity index (χ0v) is 19.1. The molecule has 7 heteroatoms. The summed E-state index contributed by atoms with van der Waals surface area (Å²) in [4.78, 5) is 12.7. The second kappa shape index (κ2) is 9.65. The fraction of sp³-hybridized carbons (Fsp3) is 0.231. The second-order valence-electron chi connectivity index (χ2n) is 7.69. The van der Waals surface area contributed by atoms with Crippen molar-refractivity contribution in [1.82, 2.24) is 10.5 Å². The van der Waals surface area contributed by atoms with Gasteiger partial charge in [-0.05, 0) is 66.6 Å². The van der Waals surface area contributed by atoms with Crippen LogP contribution in [0.4, 0.5) is 0 Å². The number of benzene rings is 3. The Morgan fingerprint density at radius 1 is 0.939 bits per heavy atom. The topological polar surface area (TPSA) is 82.8 Å². The van der Waals surface area contributed by atoms with Crippen molar-refractivity contribution in [3.8, 4) is 17.2 Å². The molecule has 1 heterocycles. The van der Waals surface area contributed by atoms with Crippen LogP contribution in [0.2, 0.25) is 0 Å². The van der Waals surface area contributed by atoms with Crippen molar-refractivity contribution in [3.63, 3.8) is 0 Å². The maximum atomic E-state index is 12.7. The van der Waals surface area contributed by atoms with Gasteiger partial charge in [0.2, 0.25) is 0 Å². The molecule has 170 valence electrons. The number of aryl methyl sites for hydroxylation is 2. The van der Waals surface area contributed by atoms with Gasteiger partial charge < -0.3 is 24.1 Å². The minimum Gasteiger partial charge on any atom is -0.497 e. The summed E-state index contributed by atoms with van der Waals surface area (Å²) in [7, 11) is 3.20. The highest BCUT2D eigenvalue weighted by molar-refractivity contribution is 5.95. The van der Waals surface area contributed by atoms with Crippen molar-refractivity contribution in [3.05, 3.63) is 82.7 Å². The Bertz CT molecular complexity index is 1280. The van der Waals surface area contributed by atoms with E-state index in [0.29, 0.717) is 30.2 Å². The standard InChI is InChI=1S/C26H26N2O5/c1-16-23(17(2)33-28-16)15-32-24-10-8-21(13-25(24)31-4)26(29)27-14-18-5-6-20-12-22(30-3)9-7-19(20)11-18/h5-13H,14-15H2,1-4H3,(H,27,29). The van der Waals surface area contributed by atoms with E-state index >= 15 is 0 Å². The summed E-state index contributed by atoms with van der Waals surface area (Å²) >= 11 is 0. The lowest BCUT2D eigenvalue weighted by Crippen LogP contribution is -2.22. The summed E-state index contributed by atoms with van der Waals surface area (Å²) in [6.07, 6.45) is 0. The quantitative estimate of drug-likeness (QED) is 0.411. The van der Waals surface area contributed by atoms with Crippen molar-refractivity contribution < 1.29 is 23.5 Å². The molecule has 3 aromatic carbocycles. The molecular formula is C26H26N2O5. The Morgan fingerprint density at radius 2 is 1.73 bits per heavy atom. The smallest absolute Gasteiger partial charge is 0.251 e. The number of ether oxygens (including phenoxy) is 3. The van der Waals surface area contributed by atoms with Crippen LogP contribution in [0.25, 0.3) is 10.8 Å². The number of nitrogens with one attached hydrogen (secondary N) is 1. The molecule has 0 saturated heterocycles. The van der Waals surface area contributed by atoms with Crippen LogP contribution in [0, 0.1) is 13.8 Å². The summed E-state index contributed by atoms with van der Waals surface area (Å²) in [5.74, 6) is 2.36. The molecule has 33 heavy (non-hydrogen) atoms. The number of fused-ring (bicyclic) bond motifs is 1. The third-order valence-electron chi connectivity index (χ3n) is 5.54. The SMILES string of the molecule is COc1ccc2cc(CNC(=O)c3ccc(OCc4c(C)noc4C)c(OC)c3)ccc2c1. The molecule has 1 aromatic heterocycles. The van der Waals surface area contributed by atoms with Crippen LogP contribution in [0.3, 0.4) is 0 Å². The van der Waals surface area contributed by atoms with E-state index in [1.54, 1.807) is 32.4 Å². The maximum absolute atomic E-state index is 12.7. The maximum Gasteiger partial charge on any atom is 0.251 e. The van der Waals surface area contributed by atoms with Crippen LogP contribution in [-0.4, -0.2) is 25.3 Å². The van der Waals surface area contributed by atoms with Gasteiger partial charge in [0.1, 0.15) is 18.1 Å². The lowest BCUT2D eigenvalue weighted by Gasteiger charge is -2.12. The van der Waals surface area contributed by atoms with Crippen molar-refractivity contribution in [2.75, 3.05) is 14.2 Å². The van der Waals surface area contributed by atoms with Gasteiger partial charge in [-0.15, -0.1) is 0 Å². The Kier molecular flexibility index (Phi) is 6.49. The Morgan fingerprint density at radius 3 is 2.45 bits per heavy atom. The van der Waals surface area contributed by atoms with E-state index in [4.69, 9.17) is 18.7 Å². The molecule has 0 fully saturated rings. The first-order valence-electron chi connectivity index (χ1n) is 10.6. The van der Waals surface area contributed by atoms with Crippen LogP contribution in [0.1, 0.15) is 32.9 Å². The first-order chi connectivity index (χ1) is 16.0. The number of nitrogens with zero attached hydrogens (tertiary/aromatic N) is 1. The molecule has 1 N–H and O–H groups in total. The van der Waals surface area contributed by atoms with Crippen LogP contribution in [0.5, 0.6) is 17.2 Å². The fourth-order valence-electron chi connectivity index (χ4n) is 3.58. The van der Waals surface area contributed by atoms with Gasteiger partial charge in [-0.2, -0.15) is 0 Å². The minimum atomic E-state index is -0.194. The van der Waals surface area contributed by atoms with E-state index in [0.717, 1.165) is 39.1 Å². The van der Waals surface area contributed by atoms with Crippen LogP contribution in [-0.2, 0) is 13.2 Å². The number of carbonyl (C=O) groups excluding carboxylic acids is 1. The molecule has 1 amide bonds. The highest BCUT2D eigenvalue weighted by atomic mass is 16.5. The normalized spacial score (nSPS) is 10.8. The van der Waals surface area contributed by atoms with Gasteiger partial charge in [0.15, 0.2) is 11.5 Å². The zero-order valence-electron chi connectivity index (χ0n) is 19.1. The first-order valence-corrected chi connectivity index (χ1v) is 10.6. The molecule has 0 unspecified atom stereocenters. The molecule has 0 atom stereocenters. The average molecular weight is 447 g/mol. The molecule has 0 aliphatic carbocycles. The number of hydrogen-bond donors (Lipinski definition) is 1. The first kappa shape index (κ1) is 22.2. The molecule has 4 aromatic rings. The summed E-state index contributed by atoms with van der Waals surface area (Å²) in [5.41, 5.74) is 3.18. The molecule has 0 spiro atoms. The summed E-state index contributed by atoms with van der Waals surface area (Å²) in [6, 6.07) is 17.1. The van der Waals surface area contributed by atoms with E-state index in [1.807, 2.05) is 44.2 Å². The summed E-state index contributed by atoms with van der Waals surface area (Å²) in [5, 5.41) is 9.07. The van der Waals surface area contributed by atoms with E-state index in [2.05, 4.69) is 16.5 Å². The van der Waals surface area contributed by atoms with E-state index in [9.17, 15) is 4.79 Å². The van der Waals surface area contributed by atoms with Gasteiger partial charge in [0.05, 0.1) is 25.5 Å². The van der Waals surface area contributed by atoms with E-state index in [-0.39, 0.29) is 5.91 Å². The third-order valence-corrected chi connectivity index (χ3v) is 5.54. The number of carbonyl (C=O) groups is 1. The van der Waals surface area contributed by atoms with Crippen LogP contribution >= 0.6 is 0 Å². The number of amides is 1. The zero-order chi connectivity index (χ0) is 23.4. The summed E-state index contributed by atoms with van der Waals surface area (Å²) < 4.78 is 21.8. The van der Waals surface area contributed by atoms with E-state index < -0.39 is 0 Å². The fourth-order valence-corrected chi connectivity index (χ4v) is 3.58. The Hall–Kier alpha value is -4.00. The lowest BCUT2D eigenvalue weighted by molar-refractivity contribution is 0.0950. The third kappa shape index (κ3) is 4.92. The van der Waals surface area contributed by atoms with E-state index in [1.165, 1.54) is 0 Å². The second-order valence-corrected chi connectivity index (χ2v) is 7.69. The van der Waals surface area contributed by atoms with Gasteiger partial charge in [-0.25, -0.2) is 0 Å². The van der Waals surface area contributed by atoms with Gasteiger partial charge in [0.25, 0.3) is 5.91 Å². The Balaban J connectivity index is 1.42. The monoisotopic (exact) mass is 446 g/mol. The average Bonchev–Trinajstić information content (AvgIpc) is 3.17. The lowest BCUT2D eigenvalue weighted by atomic mass is 10.1. The predicted octanol–water partition coefficient (Wildman–Crippen LogP) is 4.97. The van der Waals surface area contributed by atoms with Crippen molar-refractivity contribution in [2.45, 2.75) is 27.0 Å². The highest BCUT2D eigenvalue weighted by Gasteiger charge is 2.14. The van der Waals surface area contributed by atoms with Gasteiger partial charge in [0, 0.05) is 12.1 Å². The number of aromatic nitrogens is 1. The predicted molar refractivity (Wildman–Crippen MR) is 125 cm³/mol. The van der Waals surface area contributed by atoms with Gasteiger partial charge in [-0.3, -0.25) is 4.79 Å². The van der Waals surface area contributed by atoms with Crippen molar-refractivity contribution in [1.29, 1.82) is 0 Å². The number of hydrogen-bond acceptors (Lipinski definition) is 6. The molecule has 0 radical (unpaired) electrons. The molecular weight excluding hydrogens is 420 g/mol. The number of methoxy groups -OCH3 is 2. The van der Waals surface area contributed by atoms with Crippen LogP contribution in [0.15, 0.2) is 59.1 Å².